The van der Waals surface area contributed by atoms with Gasteiger partial charge in [-0.2, -0.15) is 0 Å². The van der Waals surface area contributed by atoms with Gasteiger partial charge in [0, 0.05) is 24.1 Å². The third-order valence-corrected chi connectivity index (χ3v) is 3.20. The van der Waals surface area contributed by atoms with Gasteiger partial charge in [-0.15, -0.1) is 0 Å². The maximum Gasteiger partial charge on any atom is 0.110 e. The lowest BCUT2D eigenvalue weighted by molar-refractivity contribution is 0.570. The zero-order valence-electron chi connectivity index (χ0n) is 11.4. The number of nitrogens with one attached hydrogen (secondary N) is 1. The molecule has 0 radical (unpaired) electrons. The van der Waals surface area contributed by atoms with E-state index in [1.165, 1.54) is 5.56 Å². The quantitative estimate of drug-likeness (QED) is 0.873. The molecular formula is C15H21N3. The molecule has 0 amide bonds. The van der Waals surface area contributed by atoms with Gasteiger partial charge in [-0.3, -0.25) is 0 Å². The van der Waals surface area contributed by atoms with Gasteiger partial charge in [-0.1, -0.05) is 19.1 Å². The van der Waals surface area contributed by atoms with Gasteiger partial charge in [0.1, 0.15) is 5.82 Å². The fraction of sp³-hybridized carbons (Fsp3) is 0.400. The summed E-state index contributed by atoms with van der Waals surface area (Å²) in [5, 5.41) is 3.50. The smallest absolute Gasteiger partial charge is 0.110 e. The van der Waals surface area contributed by atoms with Crippen LogP contribution in [0.25, 0.3) is 5.69 Å². The first-order valence-electron chi connectivity index (χ1n) is 6.56. The second-order valence-electron chi connectivity index (χ2n) is 4.61. The van der Waals surface area contributed by atoms with E-state index in [1.807, 2.05) is 19.3 Å². The molecule has 0 saturated carbocycles. The minimum atomic E-state index is 0.405. The van der Waals surface area contributed by atoms with Gasteiger partial charge in [0.05, 0.1) is 0 Å². The van der Waals surface area contributed by atoms with Gasteiger partial charge in [0.2, 0.25) is 0 Å². The molecule has 18 heavy (non-hydrogen) atoms. The van der Waals surface area contributed by atoms with Crippen LogP contribution < -0.4 is 5.32 Å². The van der Waals surface area contributed by atoms with Crippen molar-refractivity contribution in [2.24, 2.45) is 0 Å². The van der Waals surface area contributed by atoms with Crippen molar-refractivity contribution < 1.29 is 0 Å². The lowest BCUT2D eigenvalue weighted by Crippen LogP contribution is -2.19. The van der Waals surface area contributed by atoms with E-state index >= 15 is 0 Å². The molecule has 1 N–H and O–H groups in total. The summed E-state index contributed by atoms with van der Waals surface area (Å²) in [5.74, 6) is 1.01. The van der Waals surface area contributed by atoms with Crippen LogP contribution in [0.3, 0.4) is 0 Å². The van der Waals surface area contributed by atoms with Crippen LogP contribution in [0, 0.1) is 6.92 Å². The summed E-state index contributed by atoms with van der Waals surface area (Å²) in [4.78, 5) is 4.24. The van der Waals surface area contributed by atoms with E-state index in [0.717, 1.165) is 24.5 Å². The summed E-state index contributed by atoms with van der Waals surface area (Å²) in [6.45, 7) is 7.46. The third kappa shape index (κ3) is 2.79. The summed E-state index contributed by atoms with van der Waals surface area (Å²) in [6, 6.07) is 9.06. The van der Waals surface area contributed by atoms with Gasteiger partial charge in [0.25, 0.3) is 0 Å². The highest BCUT2D eigenvalue weighted by Crippen LogP contribution is 2.16. The van der Waals surface area contributed by atoms with Crippen LogP contribution in [0.4, 0.5) is 0 Å². The minimum absolute atomic E-state index is 0.405. The molecule has 2 rings (SSSR count). The first-order chi connectivity index (χ1) is 8.72. The molecule has 1 aromatic heterocycles. The zero-order chi connectivity index (χ0) is 13.0. The average molecular weight is 243 g/mol. The van der Waals surface area contributed by atoms with Crippen LogP contribution in [0.2, 0.25) is 0 Å². The highest BCUT2D eigenvalue weighted by Gasteiger charge is 2.05. The molecule has 1 unspecified atom stereocenters. The lowest BCUT2D eigenvalue weighted by Gasteiger charge is -2.14. The fourth-order valence-corrected chi connectivity index (χ4v) is 2.05. The molecule has 0 aliphatic heterocycles. The van der Waals surface area contributed by atoms with E-state index in [1.54, 1.807) is 0 Å². The van der Waals surface area contributed by atoms with Crippen molar-refractivity contribution >= 4 is 0 Å². The average Bonchev–Trinajstić information content (AvgIpc) is 2.82. The van der Waals surface area contributed by atoms with Crippen LogP contribution in [-0.4, -0.2) is 16.1 Å². The number of imidazole rings is 1. The SMILES string of the molecule is CCCNC(C)c1ccc(-n2ccnc2C)cc1. The predicted molar refractivity (Wildman–Crippen MR) is 75.0 cm³/mol. The van der Waals surface area contributed by atoms with E-state index in [9.17, 15) is 0 Å². The van der Waals surface area contributed by atoms with E-state index < -0.39 is 0 Å². The van der Waals surface area contributed by atoms with Crippen LogP contribution in [0.15, 0.2) is 36.7 Å². The number of aromatic nitrogens is 2. The number of hydrogen-bond acceptors (Lipinski definition) is 2. The summed E-state index contributed by atoms with van der Waals surface area (Å²) in [7, 11) is 0. The van der Waals surface area contributed by atoms with Crippen molar-refractivity contribution in [3.63, 3.8) is 0 Å². The van der Waals surface area contributed by atoms with Crippen molar-refractivity contribution in [3.05, 3.63) is 48.0 Å². The Balaban J connectivity index is 2.13. The maximum absolute atomic E-state index is 4.24. The molecule has 0 spiro atoms. The molecule has 1 heterocycles. The first kappa shape index (κ1) is 12.8. The molecule has 0 aliphatic rings. The van der Waals surface area contributed by atoms with Crippen molar-refractivity contribution in [2.45, 2.75) is 33.2 Å². The Bertz CT molecular complexity index is 485. The van der Waals surface area contributed by atoms with Gasteiger partial charge >= 0.3 is 0 Å². The van der Waals surface area contributed by atoms with Crippen molar-refractivity contribution in [2.75, 3.05) is 6.54 Å². The number of aryl methyl sites for hydroxylation is 1. The number of rotatable bonds is 5. The van der Waals surface area contributed by atoms with Crippen LogP contribution in [0.1, 0.15) is 37.7 Å². The van der Waals surface area contributed by atoms with Gasteiger partial charge < -0.3 is 9.88 Å². The summed E-state index contributed by atoms with van der Waals surface area (Å²) < 4.78 is 2.09. The van der Waals surface area contributed by atoms with Crippen LogP contribution >= 0.6 is 0 Å². The zero-order valence-corrected chi connectivity index (χ0v) is 11.4. The molecular weight excluding hydrogens is 222 g/mol. The monoisotopic (exact) mass is 243 g/mol. The fourth-order valence-electron chi connectivity index (χ4n) is 2.05. The highest BCUT2D eigenvalue weighted by atomic mass is 15.1. The molecule has 0 aliphatic carbocycles. The predicted octanol–water partition coefficient (Wildman–Crippen LogP) is 3.24. The lowest BCUT2D eigenvalue weighted by atomic mass is 10.1. The Labute approximate surface area is 109 Å². The summed E-state index contributed by atoms with van der Waals surface area (Å²) >= 11 is 0. The molecule has 0 fully saturated rings. The Morgan fingerprint density at radius 1 is 1.28 bits per heavy atom. The van der Waals surface area contributed by atoms with Crippen LogP contribution in [0.5, 0.6) is 0 Å². The summed E-state index contributed by atoms with van der Waals surface area (Å²) in [6.07, 6.45) is 4.98. The van der Waals surface area contributed by atoms with E-state index in [-0.39, 0.29) is 0 Å². The Morgan fingerprint density at radius 3 is 2.56 bits per heavy atom. The second-order valence-corrected chi connectivity index (χ2v) is 4.61. The molecule has 1 atom stereocenters. The molecule has 2 aromatic rings. The Hall–Kier alpha value is -1.61. The number of hydrogen-bond donors (Lipinski definition) is 1. The van der Waals surface area contributed by atoms with Crippen molar-refractivity contribution in [1.82, 2.24) is 14.9 Å². The highest BCUT2D eigenvalue weighted by molar-refractivity contribution is 5.36. The largest absolute Gasteiger partial charge is 0.310 e. The summed E-state index contributed by atoms with van der Waals surface area (Å²) in [5.41, 5.74) is 2.49. The Kier molecular flexibility index (Phi) is 4.15. The maximum atomic E-state index is 4.24. The molecule has 0 saturated heterocycles. The van der Waals surface area contributed by atoms with E-state index in [0.29, 0.717) is 6.04 Å². The third-order valence-electron chi connectivity index (χ3n) is 3.20. The molecule has 96 valence electrons. The standard InChI is InChI=1S/C15H21N3/c1-4-9-16-12(2)14-5-7-15(8-6-14)18-11-10-17-13(18)3/h5-8,10-12,16H,4,9H2,1-3H3. The molecule has 3 nitrogen and oxygen atoms in total. The van der Waals surface area contributed by atoms with Gasteiger partial charge in [-0.05, 0) is 44.5 Å². The normalized spacial score (nSPS) is 12.6. The van der Waals surface area contributed by atoms with Crippen LogP contribution in [-0.2, 0) is 0 Å². The minimum Gasteiger partial charge on any atom is -0.310 e. The van der Waals surface area contributed by atoms with Gasteiger partial charge in [0.15, 0.2) is 0 Å². The molecule has 1 aromatic carbocycles. The Morgan fingerprint density at radius 2 is 2.00 bits per heavy atom. The number of benzene rings is 1. The van der Waals surface area contributed by atoms with Crippen molar-refractivity contribution in [1.29, 1.82) is 0 Å². The van der Waals surface area contributed by atoms with Gasteiger partial charge in [-0.25, -0.2) is 4.98 Å². The van der Waals surface area contributed by atoms with E-state index in [4.69, 9.17) is 0 Å². The molecule has 3 heteroatoms. The van der Waals surface area contributed by atoms with Crippen molar-refractivity contribution in [3.8, 4) is 5.69 Å². The topological polar surface area (TPSA) is 29.9 Å². The molecule has 0 bridgehead atoms. The number of nitrogens with zero attached hydrogens (tertiary/aromatic N) is 2. The first-order valence-corrected chi connectivity index (χ1v) is 6.56. The van der Waals surface area contributed by atoms with E-state index in [2.05, 4.69) is 53.0 Å². The second kappa shape index (κ2) is 5.83.